The van der Waals surface area contributed by atoms with Crippen LogP contribution in [-0.2, 0) is 9.53 Å². The van der Waals surface area contributed by atoms with Crippen LogP contribution in [-0.4, -0.2) is 25.7 Å². The maximum absolute atomic E-state index is 12.2. The zero-order chi connectivity index (χ0) is 13.4. The maximum Gasteiger partial charge on any atom is 0.313 e. The van der Waals surface area contributed by atoms with Crippen molar-refractivity contribution in [3.63, 3.8) is 0 Å². The van der Waals surface area contributed by atoms with Crippen LogP contribution in [0.3, 0.4) is 0 Å². The zero-order valence-corrected chi connectivity index (χ0v) is 12.3. The largest absolute Gasteiger partial charge is 0.465 e. The lowest BCUT2D eigenvalue weighted by Crippen LogP contribution is -2.40. The van der Waals surface area contributed by atoms with Gasteiger partial charge in [-0.1, -0.05) is 46.5 Å². The van der Waals surface area contributed by atoms with Crippen molar-refractivity contribution in [2.24, 2.45) is 11.3 Å². The van der Waals surface area contributed by atoms with Crippen molar-refractivity contribution in [1.29, 1.82) is 0 Å². The maximum atomic E-state index is 12.2. The van der Waals surface area contributed by atoms with Crippen molar-refractivity contribution in [3.05, 3.63) is 0 Å². The molecule has 1 heterocycles. The summed E-state index contributed by atoms with van der Waals surface area (Å²) in [6.45, 7) is 8.75. The summed E-state index contributed by atoms with van der Waals surface area (Å²) < 4.78 is 5.49. The fourth-order valence-corrected chi connectivity index (χ4v) is 2.63. The minimum absolute atomic E-state index is 0.0120. The second kappa shape index (κ2) is 7.78. The molecule has 0 aliphatic carbocycles. The summed E-state index contributed by atoms with van der Waals surface area (Å²) in [6.07, 6.45) is 6.89. The van der Waals surface area contributed by atoms with E-state index in [1.807, 2.05) is 0 Å². The average Bonchev–Trinajstić information content (AvgIpc) is 2.84. The van der Waals surface area contributed by atoms with Gasteiger partial charge >= 0.3 is 5.97 Å². The van der Waals surface area contributed by atoms with E-state index in [9.17, 15) is 4.79 Å². The summed E-state index contributed by atoms with van der Waals surface area (Å²) in [5.41, 5.74) is -0.274. The Morgan fingerprint density at radius 1 is 1.28 bits per heavy atom. The second-order valence-corrected chi connectivity index (χ2v) is 5.79. The van der Waals surface area contributed by atoms with Crippen LogP contribution in [0.25, 0.3) is 0 Å². The van der Waals surface area contributed by atoms with Crippen LogP contribution in [0.4, 0.5) is 0 Å². The third-order valence-corrected chi connectivity index (χ3v) is 4.18. The summed E-state index contributed by atoms with van der Waals surface area (Å²) >= 11 is 0. The van der Waals surface area contributed by atoms with Crippen molar-refractivity contribution in [3.8, 4) is 0 Å². The molecule has 0 aromatic rings. The van der Waals surface area contributed by atoms with Crippen LogP contribution >= 0.6 is 0 Å². The average molecular weight is 255 g/mol. The normalized spacial score (nSPS) is 23.6. The molecule has 0 aromatic carbocycles. The summed E-state index contributed by atoms with van der Waals surface area (Å²) in [4.78, 5) is 12.2. The second-order valence-electron chi connectivity index (χ2n) is 5.79. The van der Waals surface area contributed by atoms with Crippen LogP contribution in [0.2, 0.25) is 0 Å². The van der Waals surface area contributed by atoms with Crippen LogP contribution < -0.4 is 5.32 Å². The Kier molecular flexibility index (Phi) is 6.69. The lowest BCUT2D eigenvalue weighted by molar-refractivity contribution is -0.157. The zero-order valence-electron chi connectivity index (χ0n) is 12.3. The molecule has 1 aliphatic heterocycles. The molecule has 0 radical (unpaired) electrons. The molecule has 106 valence electrons. The molecule has 0 spiro atoms. The Morgan fingerprint density at radius 3 is 2.56 bits per heavy atom. The fraction of sp³-hybridized carbons (Fsp3) is 0.933. The van der Waals surface area contributed by atoms with Gasteiger partial charge in [0.2, 0.25) is 0 Å². The van der Waals surface area contributed by atoms with E-state index in [1.165, 1.54) is 25.7 Å². The summed E-state index contributed by atoms with van der Waals surface area (Å²) in [7, 11) is 0. The number of rotatable bonds is 8. The molecule has 1 N–H and O–H groups in total. The van der Waals surface area contributed by atoms with E-state index in [4.69, 9.17) is 4.74 Å². The predicted molar refractivity (Wildman–Crippen MR) is 74.5 cm³/mol. The number of unbranched alkanes of at least 4 members (excludes halogenated alkanes) is 4. The minimum Gasteiger partial charge on any atom is -0.465 e. The number of hydrogen-bond acceptors (Lipinski definition) is 3. The Balaban J connectivity index is 2.26. The van der Waals surface area contributed by atoms with E-state index in [2.05, 4.69) is 26.1 Å². The Morgan fingerprint density at radius 2 is 2.00 bits per heavy atom. The van der Waals surface area contributed by atoms with E-state index in [0.717, 1.165) is 25.9 Å². The quantitative estimate of drug-likeness (QED) is 0.535. The molecule has 1 unspecified atom stereocenters. The lowest BCUT2D eigenvalue weighted by Gasteiger charge is -2.29. The molecule has 3 nitrogen and oxygen atoms in total. The van der Waals surface area contributed by atoms with Gasteiger partial charge in [-0.2, -0.15) is 0 Å². The Labute approximate surface area is 112 Å². The first kappa shape index (κ1) is 15.5. The van der Waals surface area contributed by atoms with E-state index < -0.39 is 0 Å². The molecular formula is C15H29NO2. The molecule has 18 heavy (non-hydrogen) atoms. The lowest BCUT2D eigenvalue weighted by atomic mass is 9.76. The molecule has 0 saturated carbocycles. The van der Waals surface area contributed by atoms with Crippen molar-refractivity contribution in [1.82, 2.24) is 5.32 Å². The van der Waals surface area contributed by atoms with E-state index in [1.54, 1.807) is 0 Å². The van der Waals surface area contributed by atoms with Crippen LogP contribution in [0.5, 0.6) is 0 Å². The molecule has 1 rings (SSSR count). The first-order valence-corrected chi connectivity index (χ1v) is 7.51. The molecule has 0 bridgehead atoms. The minimum atomic E-state index is -0.274. The number of ether oxygens (including phenoxy) is 1. The number of esters is 1. The van der Waals surface area contributed by atoms with Gasteiger partial charge in [0.1, 0.15) is 0 Å². The highest BCUT2D eigenvalue weighted by atomic mass is 16.5. The number of carbonyl (C=O) groups is 1. The summed E-state index contributed by atoms with van der Waals surface area (Å²) in [5, 5.41) is 3.29. The summed E-state index contributed by atoms with van der Waals surface area (Å²) in [5.74, 6) is 0.359. The van der Waals surface area contributed by atoms with E-state index in [0.29, 0.717) is 12.5 Å². The SMILES string of the molecule is CCCCCCCOC(=O)C1(C(C)C)CCNC1. The van der Waals surface area contributed by atoms with Gasteiger partial charge in [0, 0.05) is 6.54 Å². The first-order valence-electron chi connectivity index (χ1n) is 7.51. The number of carbonyl (C=O) groups excluding carboxylic acids is 1. The van der Waals surface area contributed by atoms with Crippen molar-refractivity contribution in [2.45, 2.75) is 59.3 Å². The van der Waals surface area contributed by atoms with Gasteiger partial charge < -0.3 is 10.1 Å². The fourth-order valence-electron chi connectivity index (χ4n) is 2.63. The molecule has 1 aliphatic rings. The van der Waals surface area contributed by atoms with Crippen molar-refractivity contribution >= 4 is 5.97 Å². The highest BCUT2D eigenvalue weighted by Gasteiger charge is 2.45. The molecular weight excluding hydrogens is 226 g/mol. The van der Waals surface area contributed by atoms with Gasteiger partial charge in [-0.3, -0.25) is 4.79 Å². The predicted octanol–water partition coefficient (Wildman–Crippen LogP) is 3.14. The molecule has 1 saturated heterocycles. The van der Waals surface area contributed by atoms with Crippen molar-refractivity contribution < 1.29 is 9.53 Å². The highest BCUT2D eigenvalue weighted by molar-refractivity contribution is 5.78. The van der Waals surface area contributed by atoms with E-state index >= 15 is 0 Å². The van der Waals surface area contributed by atoms with Crippen LogP contribution in [0.1, 0.15) is 59.3 Å². The smallest absolute Gasteiger partial charge is 0.313 e. The topological polar surface area (TPSA) is 38.3 Å². The van der Waals surface area contributed by atoms with Crippen LogP contribution in [0.15, 0.2) is 0 Å². The Hall–Kier alpha value is -0.570. The van der Waals surface area contributed by atoms with Gasteiger partial charge in [0.05, 0.1) is 12.0 Å². The molecule has 3 heteroatoms. The van der Waals surface area contributed by atoms with Gasteiger partial charge in [-0.15, -0.1) is 0 Å². The van der Waals surface area contributed by atoms with Gasteiger partial charge in [0.25, 0.3) is 0 Å². The Bertz CT molecular complexity index is 245. The standard InChI is InChI=1S/C15H29NO2/c1-4-5-6-7-8-11-18-14(17)15(13(2)3)9-10-16-12-15/h13,16H,4-12H2,1-3H3. The summed E-state index contributed by atoms with van der Waals surface area (Å²) in [6, 6.07) is 0. The first-order chi connectivity index (χ1) is 8.63. The number of nitrogens with one attached hydrogen (secondary N) is 1. The van der Waals surface area contributed by atoms with Gasteiger partial charge in [-0.05, 0) is 25.3 Å². The van der Waals surface area contributed by atoms with Gasteiger partial charge in [-0.25, -0.2) is 0 Å². The highest BCUT2D eigenvalue weighted by Crippen LogP contribution is 2.35. The number of hydrogen-bond donors (Lipinski definition) is 1. The molecule has 0 aromatic heterocycles. The monoisotopic (exact) mass is 255 g/mol. The molecule has 1 atom stereocenters. The van der Waals surface area contributed by atoms with Gasteiger partial charge in [0.15, 0.2) is 0 Å². The van der Waals surface area contributed by atoms with E-state index in [-0.39, 0.29) is 11.4 Å². The van der Waals surface area contributed by atoms with Crippen LogP contribution in [0, 0.1) is 11.3 Å². The third kappa shape index (κ3) is 3.98. The van der Waals surface area contributed by atoms with Crippen molar-refractivity contribution in [2.75, 3.05) is 19.7 Å². The molecule has 1 fully saturated rings. The molecule has 0 amide bonds. The third-order valence-electron chi connectivity index (χ3n) is 4.18.